The highest BCUT2D eigenvalue weighted by atomic mass is 32.2. The fourth-order valence-corrected chi connectivity index (χ4v) is 3.47. The van der Waals surface area contributed by atoms with Crippen molar-refractivity contribution in [3.05, 3.63) is 11.4 Å². The third kappa shape index (κ3) is 3.55. The van der Waals surface area contributed by atoms with Gasteiger partial charge in [0.05, 0.1) is 37.3 Å². The largest absolute Gasteiger partial charge is 0.376 e. The Bertz CT molecular complexity index is 537. The zero-order valence-electron chi connectivity index (χ0n) is 11.6. The van der Waals surface area contributed by atoms with E-state index in [4.69, 9.17) is 9.47 Å². The average Bonchev–Trinajstić information content (AvgIpc) is 2.80. The number of ether oxygens (including phenoxy) is 2. The van der Waals surface area contributed by atoms with Crippen LogP contribution in [0.4, 0.5) is 0 Å². The molecule has 0 aromatic carbocycles. The molecule has 1 atom stereocenters. The lowest BCUT2D eigenvalue weighted by Gasteiger charge is -2.23. The van der Waals surface area contributed by atoms with E-state index in [9.17, 15) is 8.42 Å². The van der Waals surface area contributed by atoms with E-state index in [0.717, 1.165) is 0 Å². The summed E-state index contributed by atoms with van der Waals surface area (Å²) >= 11 is 0. The molecule has 2 rings (SSSR count). The zero-order valence-corrected chi connectivity index (χ0v) is 12.4. The molecule has 1 aliphatic heterocycles. The lowest BCUT2D eigenvalue weighted by Crippen LogP contribution is -2.40. The van der Waals surface area contributed by atoms with Gasteiger partial charge in [0.2, 0.25) is 10.0 Å². The van der Waals surface area contributed by atoms with E-state index < -0.39 is 10.0 Å². The second-order valence-corrected chi connectivity index (χ2v) is 6.28. The van der Waals surface area contributed by atoms with Crippen LogP contribution in [-0.2, 0) is 26.0 Å². The van der Waals surface area contributed by atoms with Gasteiger partial charge in [0.1, 0.15) is 4.90 Å². The third-order valence-corrected chi connectivity index (χ3v) is 4.59. The number of aryl methyl sites for hydroxylation is 1. The van der Waals surface area contributed by atoms with Crippen LogP contribution in [0, 0.1) is 6.92 Å². The molecule has 1 aromatic heterocycles. The minimum Gasteiger partial charge on any atom is -0.376 e. The molecule has 0 amide bonds. The normalized spacial score (nSPS) is 20.2. The fraction of sp³-hybridized carbons (Fsp3) is 0.727. The van der Waals surface area contributed by atoms with Gasteiger partial charge in [0, 0.05) is 13.1 Å². The van der Waals surface area contributed by atoms with Crippen molar-refractivity contribution in [1.29, 1.82) is 0 Å². The molecule has 3 N–H and O–H groups in total. The van der Waals surface area contributed by atoms with E-state index in [2.05, 4.69) is 20.2 Å². The van der Waals surface area contributed by atoms with Gasteiger partial charge in [0.15, 0.2) is 0 Å². The van der Waals surface area contributed by atoms with E-state index in [1.807, 2.05) is 0 Å². The van der Waals surface area contributed by atoms with Crippen molar-refractivity contribution >= 4 is 10.0 Å². The molecular weight excluding hydrogens is 284 g/mol. The van der Waals surface area contributed by atoms with Crippen LogP contribution in [0.25, 0.3) is 0 Å². The molecular formula is C11H20N4O4S. The molecule has 9 heteroatoms. The Labute approximate surface area is 118 Å². The predicted octanol–water partition coefficient (Wildman–Crippen LogP) is -0.869. The predicted molar refractivity (Wildman–Crippen MR) is 71.8 cm³/mol. The number of H-pyrrole nitrogens is 1. The molecule has 0 aliphatic carbocycles. The van der Waals surface area contributed by atoms with Gasteiger partial charge in [-0.05, 0) is 14.0 Å². The summed E-state index contributed by atoms with van der Waals surface area (Å²) in [5, 5.41) is 9.60. The van der Waals surface area contributed by atoms with Crippen molar-refractivity contribution in [3.8, 4) is 0 Å². The maximum Gasteiger partial charge on any atom is 0.244 e. The van der Waals surface area contributed by atoms with E-state index in [1.54, 1.807) is 14.0 Å². The van der Waals surface area contributed by atoms with Gasteiger partial charge in [-0.15, -0.1) is 0 Å². The smallest absolute Gasteiger partial charge is 0.244 e. The maximum absolute atomic E-state index is 12.4. The van der Waals surface area contributed by atoms with Crippen molar-refractivity contribution < 1.29 is 17.9 Å². The van der Waals surface area contributed by atoms with Gasteiger partial charge in [0.25, 0.3) is 0 Å². The number of rotatable bonds is 6. The van der Waals surface area contributed by atoms with Crippen molar-refractivity contribution in [2.24, 2.45) is 0 Å². The van der Waals surface area contributed by atoms with E-state index in [1.165, 1.54) is 0 Å². The summed E-state index contributed by atoms with van der Waals surface area (Å²) < 4.78 is 37.9. The number of hydrogen-bond donors (Lipinski definition) is 3. The highest BCUT2D eigenvalue weighted by Gasteiger charge is 2.25. The summed E-state index contributed by atoms with van der Waals surface area (Å²) in [7, 11) is -1.88. The SMILES string of the molecule is CNCc1n[nH]c(C)c1S(=O)(=O)NCC1COCCO1. The fourth-order valence-electron chi connectivity index (χ4n) is 2.04. The lowest BCUT2D eigenvalue weighted by atomic mass is 10.3. The van der Waals surface area contributed by atoms with Gasteiger partial charge in [-0.25, -0.2) is 13.1 Å². The number of sulfonamides is 1. The van der Waals surface area contributed by atoms with Crippen LogP contribution in [0.3, 0.4) is 0 Å². The van der Waals surface area contributed by atoms with E-state index in [-0.39, 0.29) is 17.5 Å². The molecule has 1 aliphatic rings. The number of aromatic nitrogens is 2. The van der Waals surface area contributed by atoms with Crippen LogP contribution < -0.4 is 10.0 Å². The zero-order chi connectivity index (χ0) is 14.6. The van der Waals surface area contributed by atoms with Crippen LogP contribution in [0.5, 0.6) is 0 Å². The summed E-state index contributed by atoms with van der Waals surface area (Å²) in [6.07, 6.45) is -0.251. The van der Waals surface area contributed by atoms with Gasteiger partial charge < -0.3 is 14.8 Å². The Kier molecular flexibility index (Phi) is 5.11. The van der Waals surface area contributed by atoms with Crippen LogP contribution in [0.2, 0.25) is 0 Å². The highest BCUT2D eigenvalue weighted by molar-refractivity contribution is 7.89. The molecule has 2 heterocycles. The Morgan fingerprint density at radius 1 is 1.45 bits per heavy atom. The average molecular weight is 304 g/mol. The molecule has 8 nitrogen and oxygen atoms in total. The number of nitrogens with one attached hydrogen (secondary N) is 3. The monoisotopic (exact) mass is 304 g/mol. The standard InChI is InChI=1S/C11H20N4O4S/c1-8-11(10(6-12-2)15-14-8)20(16,17)13-5-9-7-18-3-4-19-9/h9,12-13H,3-7H2,1-2H3,(H,14,15). The Morgan fingerprint density at radius 3 is 2.90 bits per heavy atom. The first-order chi connectivity index (χ1) is 9.54. The molecule has 20 heavy (non-hydrogen) atoms. The number of aromatic amines is 1. The van der Waals surface area contributed by atoms with Gasteiger partial charge in [-0.3, -0.25) is 5.10 Å². The quantitative estimate of drug-likeness (QED) is 0.631. The van der Waals surface area contributed by atoms with Gasteiger partial charge in [-0.1, -0.05) is 0 Å². The summed E-state index contributed by atoms with van der Waals surface area (Å²) in [4.78, 5) is 0.198. The van der Waals surface area contributed by atoms with Crippen molar-refractivity contribution in [2.45, 2.75) is 24.5 Å². The van der Waals surface area contributed by atoms with Crippen LogP contribution >= 0.6 is 0 Å². The minimum atomic E-state index is -3.62. The molecule has 0 spiro atoms. The Morgan fingerprint density at radius 2 is 2.25 bits per heavy atom. The lowest BCUT2D eigenvalue weighted by molar-refractivity contribution is -0.0846. The molecule has 1 aromatic rings. The van der Waals surface area contributed by atoms with Gasteiger partial charge >= 0.3 is 0 Å². The first kappa shape index (κ1) is 15.4. The van der Waals surface area contributed by atoms with E-state index >= 15 is 0 Å². The van der Waals surface area contributed by atoms with Gasteiger partial charge in [-0.2, -0.15) is 5.10 Å². The molecule has 114 valence electrons. The molecule has 0 bridgehead atoms. The minimum absolute atomic E-state index is 0.186. The summed E-state index contributed by atoms with van der Waals surface area (Å²) in [6, 6.07) is 0. The first-order valence-corrected chi connectivity index (χ1v) is 7.90. The van der Waals surface area contributed by atoms with Crippen LogP contribution in [-0.4, -0.2) is 58.1 Å². The molecule has 1 unspecified atom stereocenters. The Balaban J connectivity index is 2.07. The first-order valence-electron chi connectivity index (χ1n) is 6.42. The summed E-state index contributed by atoms with van der Waals surface area (Å²) in [6.45, 7) is 3.69. The van der Waals surface area contributed by atoms with Crippen molar-refractivity contribution in [3.63, 3.8) is 0 Å². The van der Waals surface area contributed by atoms with Crippen molar-refractivity contribution in [1.82, 2.24) is 20.2 Å². The molecule has 0 saturated carbocycles. The number of nitrogens with zero attached hydrogens (tertiary/aromatic N) is 1. The maximum atomic E-state index is 12.4. The van der Waals surface area contributed by atoms with E-state index in [0.29, 0.717) is 37.8 Å². The second-order valence-electron chi connectivity index (χ2n) is 4.57. The molecule has 1 fully saturated rings. The molecule has 0 radical (unpaired) electrons. The van der Waals surface area contributed by atoms with Crippen LogP contribution in [0.15, 0.2) is 4.90 Å². The summed E-state index contributed by atoms with van der Waals surface area (Å²) in [5.41, 5.74) is 0.988. The Hall–Kier alpha value is -1.00. The summed E-state index contributed by atoms with van der Waals surface area (Å²) in [5.74, 6) is 0. The highest BCUT2D eigenvalue weighted by Crippen LogP contribution is 2.17. The number of hydrogen-bond acceptors (Lipinski definition) is 6. The second kappa shape index (κ2) is 6.64. The topological polar surface area (TPSA) is 105 Å². The molecule has 1 saturated heterocycles. The van der Waals surface area contributed by atoms with Crippen molar-refractivity contribution in [2.75, 3.05) is 33.4 Å². The van der Waals surface area contributed by atoms with Crippen LogP contribution in [0.1, 0.15) is 11.4 Å². The third-order valence-electron chi connectivity index (χ3n) is 2.96.